The molecule has 8 heteroatoms. The van der Waals surface area contributed by atoms with Crippen LogP contribution in [-0.2, 0) is 31.5 Å². The van der Waals surface area contributed by atoms with Gasteiger partial charge in [-0.3, -0.25) is 14.4 Å². The van der Waals surface area contributed by atoms with Crippen molar-refractivity contribution in [1.29, 1.82) is 0 Å². The van der Waals surface area contributed by atoms with Gasteiger partial charge in [0.2, 0.25) is 5.91 Å². The highest BCUT2D eigenvalue weighted by atomic mass is 16.2. The largest absolute Gasteiger partial charge is 0.340 e. The molecular weight excluding hydrogens is 306 g/mol. The molecule has 24 heavy (non-hydrogen) atoms. The van der Waals surface area contributed by atoms with Crippen molar-refractivity contribution in [3.05, 3.63) is 29.6 Å². The minimum Gasteiger partial charge on any atom is -0.340 e. The molecule has 3 rings (SSSR count). The second kappa shape index (κ2) is 6.72. The molecule has 0 spiro atoms. The monoisotopic (exact) mass is 331 g/mol. The van der Waals surface area contributed by atoms with E-state index in [1.165, 1.54) is 0 Å². The molecule has 2 aromatic rings. The second-order valence-corrected chi connectivity index (χ2v) is 6.76. The van der Waals surface area contributed by atoms with Gasteiger partial charge in [0, 0.05) is 51.4 Å². The summed E-state index contributed by atoms with van der Waals surface area (Å²) in [6.07, 6.45) is 3.72. The number of rotatable bonds is 5. The maximum absolute atomic E-state index is 12.5. The van der Waals surface area contributed by atoms with E-state index in [4.69, 9.17) is 0 Å². The summed E-state index contributed by atoms with van der Waals surface area (Å²) in [7, 11) is 3.71. The average Bonchev–Trinajstić information content (AvgIpc) is 3.12. The van der Waals surface area contributed by atoms with Gasteiger partial charge in [-0.1, -0.05) is 13.8 Å². The maximum atomic E-state index is 12.5. The molecule has 1 amide bonds. The van der Waals surface area contributed by atoms with Gasteiger partial charge in [-0.25, -0.2) is 0 Å². The van der Waals surface area contributed by atoms with E-state index in [2.05, 4.69) is 38.6 Å². The van der Waals surface area contributed by atoms with Crippen molar-refractivity contribution in [2.75, 3.05) is 20.1 Å². The summed E-state index contributed by atoms with van der Waals surface area (Å²) in [5.41, 5.74) is 1.04. The van der Waals surface area contributed by atoms with Gasteiger partial charge in [0.15, 0.2) is 0 Å². The van der Waals surface area contributed by atoms with Crippen LogP contribution >= 0.6 is 0 Å². The minimum absolute atomic E-state index is 0.107. The van der Waals surface area contributed by atoms with Gasteiger partial charge in [-0.05, 0) is 0 Å². The summed E-state index contributed by atoms with van der Waals surface area (Å²) in [5.74, 6) is 2.46. The molecule has 0 N–H and O–H groups in total. The first-order valence-corrected chi connectivity index (χ1v) is 8.30. The summed E-state index contributed by atoms with van der Waals surface area (Å²) in [4.78, 5) is 16.3. The van der Waals surface area contributed by atoms with E-state index in [0.29, 0.717) is 25.6 Å². The van der Waals surface area contributed by atoms with Crippen molar-refractivity contribution in [1.82, 2.24) is 34.3 Å². The molecule has 0 unspecified atom stereocenters. The van der Waals surface area contributed by atoms with E-state index >= 15 is 0 Å². The highest BCUT2D eigenvalue weighted by molar-refractivity contribution is 5.78. The van der Waals surface area contributed by atoms with Crippen LogP contribution in [0, 0.1) is 0 Å². The number of hydrogen-bond acceptors (Lipinski definition) is 5. The zero-order valence-electron chi connectivity index (χ0n) is 14.8. The van der Waals surface area contributed by atoms with Crippen LogP contribution in [0.15, 0.2) is 12.4 Å². The third-order valence-electron chi connectivity index (χ3n) is 4.34. The molecule has 0 fully saturated rings. The van der Waals surface area contributed by atoms with E-state index in [1.807, 2.05) is 20.3 Å². The van der Waals surface area contributed by atoms with E-state index in [9.17, 15) is 4.79 Å². The summed E-state index contributed by atoms with van der Waals surface area (Å²) in [6.45, 7) is 7.59. The Labute approximate surface area is 142 Å². The van der Waals surface area contributed by atoms with E-state index < -0.39 is 0 Å². The first kappa shape index (κ1) is 16.6. The quantitative estimate of drug-likeness (QED) is 0.803. The van der Waals surface area contributed by atoms with Crippen molar-refractivity contribution < 1.29 is 4.79 Å². The van der Waals surface area contributed by atoms with Crippen LogP contribution < -0.4 is 0 Å². The van der Waals surface area contributed by atoms with Crippen LogP contribution in [0.2, 0.25) is 0 Å². The Morgan fingerprint density at radius 1 is 1.33 bits per heavy atom. The molecule has 0 saturated carbocycles. The van der Waals surface area contributed by atoms with Gasteiger partial charge < -0.3 is 9.47 Å². The Morgan fingerprint density at radius 3 is 2.79 bits per heavy atom. The Hall–Kier alpha value is -2.22. The summed E-state index contributed by atoms with van der Waals surface area (Å²) in [6, 6.07) is 0. The maximum Gasteiger partial charge on any atom is 0.236 e. The molecule has 0 aliphatic carbocycles. The summed E-state index contributed by atoms with van der Waals surface area (Å²) >= 11 is 0. The van der Waals surface area contributed by atoms with Gasteiger partial charge in [-0.2, -0.15) is 5.10 Å². The molecule has 0 radical (unpaired) electrons. The average molecular weight is 331 g/mol. The fourth-order valence-electron chi connectivity index (χ4n) is 3.02. The van der Waals surface area contributed by atoms with Gasteiger partial charge in [0.05, 0.1) is 19.3 Å². The van der Waals surface area contributed by atoms with Gasteiger partial charge >= 0.3 is 0 Å². The lowest BCUT2D eigenvalue weighted by Crippen LogP contribution is -2.42. The Morgan fingerprint density at radius 2 is 2.12 bits per heavy atom. The lowest BCUT2D eigenvalue weighted by molar-refractivity contribution is -0.132. The molecule has 1 aliphatic heterocycles. The predicted octanol–water partition coefficient (Wildman–Crippen LogP) is 0.609. The predicted molar refractivity (Wildman–Crippen MR) is 89.1 cm³/mol. The van der Waals surface area contributed by atoms with Crippen LogP contribution in [0.5, 0.6) is 0 Å². The molecule has 130 valence electrons. The molecular formula is C16H25N7O. The third-order valence-corrected chi connectivity index (χ3v) is 4.34. The number of likely N-dealkylation sites (N-methyl/N-ethyl adjacent to an activating group) is 1. The molecule has 0 aromatic carbocycles. The summed E-state index contributed by atoms with van der Waals surface area (Å²) < 4.78 is 3.93. The first-order valence-electron chi connectivity index (χ1n) is 8.30. The fourth-order valence-corrected chi connectivity index (χ4v) is 3.02. The molecule has 0 saturated heterocycles. The number of hydrogen-bond donors (Lipinski definition) is 0. The van der Waals surface area contributed by atoms with Crippen molar-refractivity contribution in [3.63, 3.8) is 0 Å². The fraction of sp³-hybridized carbons (Fsp3) is 0.625. The number of nitrogens with zero attached hydrogens (tertiary/aromatic N) is 7. The second-order valence-electron chi connectivity index (χ2n) is 6.76. The molecule has 2 aromatic heterocycles. The van der Waals surface area contributed by atoms with Crippen LogP contribution in [0.3, 0.4) is 0 Å². The smallest absolute Gasteiger partial charge is 0.236 e. The van der Waals surface area contributed by atoms with E-state index in [0.717, 1.165) is 30.3 Å². The van der Waals surface area contributed by atoms with Crippen molar-refractivity contribution >= 4 is 5.91 Å². The van der Waals surface area contributed by atoms with Crippen molar-refractivity contribution in [3.8, 4) is 0 Å². The minimum atomic E-state index is 0.107. The Balaban J connectivity index is 1.57. The molecule has 1 aliphatic rings. The number of aromatic nitrogens is 5. The van der Waals surface area contributed by atoms with E-state index in [1.54, 1.807) is 15.8 Å². The van der Waals surface area contributed by atoms with Crippen molar-refractivity contribution in [2.45, 2.75) is 39.4 Å². The molecule has 0 bridgehead atoms. The van der Waals surface area contributed by atoms with E-state index in [-0.39, 0.29) is 5.91 Å². The number of fused-ring (bicyclic) bond motifs is 1. The van der Waals surface area contributed by atoms with Crippen LogP contribution in [0.4, 0.5) is 0 Å². The number of carbonyl (C=O) groups excluding carboxylic acids is 1. The van der Waals surface area contributed by atoms with Gasteiger partial charge in [0.25, 0.3) is 0 Å². The lowest BCUT2D eigenvalue weighted by atomic mass is 10.2. The SMILES string of the molecule is CC(C)c1nnc2n1CCN(CC(=O)N(C)Cc1cnn(C)c1)C2. The topological polar surface area (TPSA) is 72.1 Å². The summed E-state index contributed by atoms with van der Waals surface area (Å²) in [5, 5.41) is 12.7. The standard InChI is InChI=1S/C16H25N7O/c1-12(2)16-19-18-14-10-22(5-6-23(14)16)11-15(24)20(3)8-13-7-17-21(4)9-13/h7,9,12H,5-6,8,10-11H2,1-4H3. The normalized spacial score (nSPS) is 14.9. The molecule has 3 heterocycles. The Bertz CT molecular complexity index is 718. The first-order chi connectivity index (χ1) is 11.4. The third kappa shape index (κ3) is 3.48. The zero-order valence-corrected chi connectivity index (χ0v) is 14.8. The number of aryl methyl sites for hydroxylation is 1. The van der Waals surface area contributed by atoms with Crippen LogP contribution in [-0.4, -0.2) is 60.4 Å². The zero-order chi connectivity index (χ0) is 17.3. The van der Waals surface area contributed by atoms with Gasteiger partial charge in [-0.15, -0.1) is 10.2 Å². The van der Waals surface area contributed by atoms with Crippen LogP contribution in [0.1, 0.15) is 37.0 Å². The number of carbonyl (C=O) groups is 1. The number of amides is 1. The molecule has 8 nitrogen and oxygen atoms in total. The van der Waals surface area contributed by atoms with Crippen molar-refractivity contribution in [2.24, 2.45) is 7.05 Å². The van der Waals surface area contributed by atoms with Crippen LogP contribution in [0.25, 0.3) is 0 Å². The highest BCUT2D eigenvalue weighted by Gasteiger charge is 2.24. The highest BCUT2D eigenvalue weighted by Crippen LogP contribution is 2.18. The lowest BCUT2D eigenvalue weighted by Gasteiger charge is -2.29. The Kier molecular flexibility index (Phi) is 4.66. The molecule has 0 atom stereocenters. The van der Waals surface area contributed by atoms with Gasteiger partial charge in [0.1, 0.15) is 11.6 Å².